The van der Waals surface area contributed by atoms with E-state index in [0.717, 1.165) is 16.6 Å². The Kier molecular flexibility index (Phi) is 4.45. The summed E-state index contributed by atoms with van der Waals surface area (Å²) in [5, 5.41) is 23.9. The first-order valence-corrected chi connectivity index (χ1v) is 11.0. The molecule has 0 unspecified atom stereocenters. The Morgan fingerprint density at radius 3 is 2.77 bits per heavy atom. The third-order valence-electron chi connectivity index (χ3n) is 4.89. The number of thiophene rings is 1. The van der Waals surface area contributed by atoms with Gasteiger partial charge in [-0.25, -0.2) is 4.98 Å². The van der Waals surface area contributed by atoms with Crippen LogP contribution in [-0.4, -0.2) is 25.5 Å². The van der Waals surface area contributed by atoms with Gasteiger partial charge >= 0.3 is 0 Å². The first-order chi connectivity index (χ1) is 14.6. The molecule has 0 fully saturated rings. The molecule has 0 bridgehead atoms. The van der Waals surface area contributed by atoms with Crippen molar-refractivity contribution in [2.75, 3.05) is 0 Å². The third kappa shape index (κ3) is 2.84. The van der Waals surface area contributed by atoms with Crippen LogP contribution in [0.15, 0.2) is 58.5 Å². The Hall–Kier alpha value is -3.36. The lowest BCUT2D eigenvalue weighted by atomic mass is 10.1. The molecule has 8 heteroatoms. The van der Waals surface area contributed by atoms with E-state index in [9.17, 15) is 15.0 Å². The van der Waals surface area contributed by atoms with Crippen molar-refractivity contribution in [1.82, 2.24) is 9.55 Å². The zero-order valence-electron chi connectivity index (χ0n) is 15.8. The zero-order valence-corrected chi connectivity index (χ0v) is 17.5. The van der Waals surface area contributed by atoms with Crippen LogP contribution in [0.3, 0.4) is 0 Å². The highest BCUT2D eigenvalue weighted by molar-refractivity contribution is 7.20. The van der Waals surface area contributed by atoms with E-state index >= 15 is 0 Å². The van der Waals surface area contributed by atoms with Crippen LogP contribution in [0.25, 0.3) is 25.9 Å². The Bertz CT molecular complexity index is 1360. The molecule has 2 N–H and O–H groups in total. The van der Waals surface area contributed by atoms with E-state index in [0.29, 0.717) is 15.7 Å². The number of aromatic nitrogens is 2. The third-order valence-corrected chi connectivity index (χ3v) is 6.77. The van der Waals surface area contributed by atoms with Crippen molar-refractivity contribution in [3.63, 3.8) is 0 Å². The number of thiazole rings is 1. The normalized spacial score (nSPS) is 11.4. The first-order valence-electron chi connectivity index (χ1n) is 9.27. The molecule has 0 atom stereocenters. The highest BCUT2D eigenvalue weighted by Crippen LogP contribution is 2.46. The molecule has 6 nitrogen and oxygen atoms in total. The highest BCUT2D eigenvalue weighted by Gasteiger charge is 2.32. The summed E-state index contributed by atoms with van der Waals surface area (Å²) >= 11 is 2.79. The van der Waals surface area contributed by atoms with Gasteiger partial charge in [-0.15, -0.1) is 11.3 Å². The van der Waals surface area contributed by atoms with Gasteiger partial charge in [0.1, 0.15) is 0 Å². The van der Waals surface area contributed by atoms with Gasteiger partial charge in [-0.2, -0.15) is 0 Å². The number of hydrogen-bond donors (Lipinski definition) is 2. The van der Waals surface area contributed by atoms with Gasteiger partial charge < -0.3 is 14.6 Å². The SMILES string of the molecule is CCc1ccc2nc(-n3c(O)c(O)c(C(=O)c4ccco4)c3-c3cccs3)sc2c1. The van der Waals surface area contributed by atoms with Crippen molar-refractivity contribution >= 4 is 38.7 Å². The van der Waals surface area contributed by atoms with E-state index in [1.165, 1.54) is 45.1 Å². The molecule has 0 spiro atoms. The van der Waals surface area contributed by atoms with Gasteiger partial charge in [0.2, 0.25) is 11.7 Å². The monoisotopic (exact) mass is 436 g/mol. The molecule has 0 aliphatic rings. The van der Waals surface area contributed by atoms with Crippen LogP contribution in [0.2, 0.25) is 0 Å². The number of aromatic hydroxyl groups is 2. The lowest BCUT2D eigenvalue weighted by Gasteiger charge is -2.06. The summed E-state index contributed by atoms with van der Waals surface area (Å²) in [4.78, 5) is 18.5. The molecule has 150 valence electrons. The van der Waals surface area contributed by atoms with Gasteiger partial charge in [0, 0.05) is 0 Å². The number of aryl methyl sites for hydroxylation is 1. The minimum absolute atomic E-state index is 0.0154. The quantitative estimate of drug-likeness (QED) is 0.350. The van der Waals surface area contributed by atoms with Gasteiger partial charge in [0.05, 0.1) is 32.6 Å². The van der Waals surface area contributed by atoms with Gasteiger partial charge in [-0.3, -0.25) is 9.36 Å². The molecule has 0 radical (unpaired) electrons. The zero-order chi connectivity index (χ0) is 20.8. The topological polar surface area (TPSA) is 88.5 Å². The van der Waals surface area contributed by atoms with Crippen LogP contribution >= 0.6 is 22.7 Å². The van der Waals surface area contributed by atoms with Crippen LogP contribution in [0.4, 0.5) is 0 Å². The fourth-order valence-electron chi connectivity index (χ4n) is 3.40. The Morgan fingerprint density at radius 2 is 2.07 bits per heavy atom. The minimum atomic E-state index is -0.510. The summed E-state index contributed by atoms with van der Waals surface area (Å²) in [6.07, 6.45) is 2.30. The Balaban J connectivity index is 1.78. The van der Waals surface area contributed by atoms with E-state index in [1.54, 1.807) is 6.07 Å². The van der Waals surface area contributed by atoms with Gasteiger partial charge in [0.25, 0.3) is 0 Å². The molecule has 5 rings (SSSR count). The number of furan rings is 1. The van der Waals surface area contributed by atoms with Crippen LogP contribution in [0.1, 0.15) is 28.6 Å². The van der Waals surface area contributed by atoms with E-state index < -0.39 is 17.4 Å². The first kappa shape index (κ1) is 18.7. The predicted molar refractivity (Wildman–Crippen MR) is 117 cm³/mol. The van der Waals surface area contributed by atoms with Crippen LogP contribution in [-0.2, 0) is 6.42 Å². The average Bonchev–Trinajstić information content (AvgIpc) is 3.54. The maximum absolute atomic E-state index is 13.1. The fraction of sp³-hybridized carbons (Fsp3) is 0.0909. The van der Waals surface area contributed by atoms with Crippen LogP contribution in [0, 0.1) is 0 Å². The average molecular weight is 437 g/mol. The largest absolute Gasteiger partial charge is 0.503 e. The number of carbonyl (C=O) groups is 1. The number of rotatable bonds is 5. The summed E-state index contributed by atoms with van der Waals surface area (Å²) in [6.45, 7) is 2.08. The summed E-state index contributed by atoms with van der Waals surface area (Å²) in [5.74, 6) is -1.35. The standard InChI is InChI=1S/C22H16N2O4S2/c1-2-12-7-8-13-16(11-12)30-22(23-13)24-18(15-6-4-10-29-15)17(20(26)21(24)27)19(25)14-5-3-9-28-14/h3-11,26-27H,2H2,1H3. The summed E-state index contributed by atoms with van der Waals surface area (Å²) in [5.41, 5.74) is 2.34. The van der Waals surface area contributed by atoms with Crippen molar-refractivity contribution in [3.05, 3.63) is 71.0 Å². The van der Waals surface area contributed by atoms with Crippen LogP contribution < -0.4 is 0 Å². The molecule has 4 aromatic heterocycles. The lowest BCUT2D eigenvalue weighted by Crippen LogP contribution is -2.03. The second kappa shape index (κ2) is 7.16. The van der Waals surface area contributed by atoms with Crippen molar-refractivity contribution in [1.29, 1.82) is 0 Å². The molecular weight excluding hydrogens is 420 g/mol. The number of fused-ring (bicyclic) bond motifs is 1. The number of benzene rings is 1. The lowest BCUT2D eigenvalue weighted by molar-refractivity contribution is 0.101. The van der Waals surface area contributed by atoms with Crippen LogP contribution in [0.5, 0.6) is 11.6 Å². The second-order valence-electron chi connectivity index (χ2n) is 6.67. The number of hydrogen-bond acceptors (Lipinski definition) is 7. The fourth-order valence-corrected chi connectivity index (χ4v) is 5.20. The molecule has 0 saturated carbocycles. The van der Waals surface area contributed by atoms with E-state index in [4.69, 9.17) is 4.42 Å². The maximum atomic E-state index is 13.1. The van der Waals surface area contributed by atoms with Gasteiger partial charge in [-0.1, -0.05) is 30.4 Å². The molecule has 0 amide bonds. The van der Waals surface area contributed by atoms with E-state index in [1.807, 2.05) is 29.6 Å². The Morgan fingerprint density at radius 1 is 1.20 bits per heavy atom. The molecule has 30 heavy (non-hydrogen) atoms. The highest BCUT2D eigenvalue weighted by atomic mass is 32.1. The van der Waals surface area contributed by atoms with Crippen molar-refractivity contribution in [2.45, 2.75) is 13.3 Å². The minimum Gasteiger partial charge on any atom is -0.503 e. The molecule has 0 aliphatic heterocycles. The molecule has 5 aromatic rings. The molecule has 1 aromatic carbocycles. The second-order valence-corrected chi connectivity index (χ2v) is 8.62. The summed E-state index contributed by atoms with van der Waals surface area (Å²) in [6, 6.07) is 12.8. The number of ketones is 1. The number of nitrogens with zero attached hydrogens (tertiary/aromatic N) is 2. The van der Waals surface area contributed by atoms with Crippen molar-refractivity contribution < 1.29 is 19.4 Å². The summed E-state index contributed by atoms with van der Waals surface area (Å²) in [7, 11) is 0. The molecule has 0 saturated heterocycles. The predicted octanol–water partition coefficient (Wildman–Crippen LogP) is 5.61. The molecular formula is C22H16N2O4S2. The van der Waals surface area contributed by atoms with Crippen molar-refractivity contribution in [2.24, 2.45) is 0 Å². The van der Waals surface area contributed by atoms with Gasteiger partial charge in [-0.05, 0) is 47.7 Å². The van der Waals surface area contributed by atoms with E-state index in [-0.39, 0.29) is 11.3 Å². The smallest absolute Gasteiger partial charge is 0.242 e. The Labute approximate surface area is 179 Å². The van der Waals surface area contributed by atoms with E-state index in [2.05, 4.69) is 18.0 Å². The maximum Gasteiger partial charge on any atom is 0.242 e. The molecule has 0 aliphatic carbocycles. The summed E-state index contributed by atoms with van der Waals surface area (Å²) < 4.78 is 7.65. The molecule has 4 heterocycles. The van der Waals surface area contributed by atoms with Crippen molar-refractivity contribution in [3.8, 4) is 27.3 Å². The number of carbonyl (C=O) groups excluding carboxylic acids is 1. The van der Waals surface area contributed by atoms with Gasteiger partial charge in [0.15, 0.2) is 16.6 Å².